The van der Waals surface area contributed by atoms with E-state index in [0.29, 0.717) is 6.54 Å². The maximum absolute atomic E-state index is 12.3. The van der Waals surface area contributed by atoms with Gasteiger partial charge in [0, 0.05) is 24.7 Å². The normalized spacial score (nSPS) is 10.3. The molecular formula is C13H15ClN2O3. The van der Waals surface area contributed by atoms with Crippen LogP contribution >= 0.6 is 11.6 Å². The minimum Gasteiger partial charge on any atom is -0.332 e. The largest absolute Gasteiger partial charge is 0.332 e. The second kappa shape index (κ2) is 6.33. The fraction of sp³-hybridized carbons (Fsp3) is 0.308. The van der Waals surface area contributed by atoms with Crippen LogP contribution in [-0.2, 0) is 0 Å². The summed E-state index contributed by atoms with van der Waals surface area (Å²) in [7, 11) is 0. The molecule has 0 saturated heterocycles. The Labute approximate surface area is 116 Å². The summed E-state index contributed by atoms with van der Waals surface area (Å²) in [5, 5.41) is 10.9. The van der Waals surface area contributed by atoms with Gasteiger partial charge in [-0.3, -0.25) is 14.9 Å². The van der Waals surface area contributed by atoms with Crippen LogP contribution in [0.1, 0.15) is 24.2 Å². The van der Waals surface area contributed by atoms with Crippen molar-refractivity contribution in [3.63, 3.8) is 0 Å². The summed E-state index contributed by atoms with van der Waals surface area (Å²) in [5.41, 5.74) is -0.0264. The van der Waals surface area contributed by atoms with Crippen molar-refractivity contribution < 1.29 is 9.72 Å². The van der Waals surface area contributed by atoms with Crippen LogP contribution < -0.4 is 0 Å². The van der Waals surface area contributed by atoms with Crippen LogP contribution in [0.4, 0.5) is 5.69 Å². The van der Waals surface area contributed by atoms with E-state index in [1.54, 1.807) is 6.08 Å². The number of halogens is 1. The lowest BCUT2D eigenvalue weighted by molar-refractivity contribution is -0.384. The topological polar surface area (TPSA) is 63.5 Å². The van der Waals surface area contributed by atoms with Crippen LogP contribution in [0.3, 0.4) is 0 Å². The maximum Gasteiger partial charge on any atom is 0.270 e. The minimum atomic E-state index is -0.555. The van der Waals surface area contributed by atoms with E-state index in [1.807, 2.05) is 13.8 Å². The van der Waals surface area contributed by atoms with E-state index in [-0.39, 0.29) is 28.2 Å². The smallest absolute Gasteiger partial charge is 0.270 e. The Morgan fingerprint density at radius 3 is 2.68 bits per heavy atom. The highest BCUT2D eigenvalue weighted by Gasteiger charge is 2.22. The van der Waals surface area contributed by atoms with Gasteiger partial charge in [0.1, 0.15) is 0 Å². The number of hydrogen-bond donors (Lipinski definition) is 0. The predicted octanol–water partition coefficient (Wildman–Crippen LogP) is 3.28. The van der Waals surface area contributed by atoms with Gasteiger partial charge in [0.2, 0.25) is 0 Å². The molecule has 0 aliphatic rings. The molecule has 1 aromatic carbocycles. The first-order valence-corrected chi connectivity index (χ1v) is 6.12. The molecule has 0 heterocycles. The molecule has 19 heavy (non-hydrogen) atoms. The first kappa shape index (κ1) is 15.2. The van der Waals surface area contributed by atoms with Crippen LogP contribution in [0.5, 0.6) is 0 Å². The Bertz CT molecular complexity index is 515. The number of nitrogens with zero attached hydrogens (tertiary/aromatic N) is 2. The SMILES string of the molecule is C=CCN(C(=O)c1cc([N+](=O)[O-])ccc1Cl)C(C)C. The van der Waals surface area contributed by atoms with Crippen molar-refractivity contribution in [2.24, 2.45) is 0 Å². The van der Waals surface area contributed by atoms with Crippen LogP contribution in [0.25, 0.3) is 0 Å². The van der Waals surface area contributed by atoms with Gasteiger partial charge >= 0.3 is 0 Å². The summed E-state index contributed by atoms with van der Waals surface area (Å²) >= 11 is 5.95. The van der Waals surface area contributed by atoms with Crippen molar-refractivity contribution in [3.05, 3.63) is 51.6 Å². The van der Waals surface area contributed by atoms with Gasteiger partial charge in [-0.25, -0.2) is 0 Å². The summed E-state index contributed by atoms with van der Waals surface area (Å²) in [6, 6.07) is 3.77. The number of carbonyl (C=O) groups is 1. The van der Waals surface area contributed by atoms with Crippen LogP contribution in [0.2, 0.25) is 5.02 Å². The highest BCUT2D eigenvalue weighted by molar-refractivity contribution is 6.33. The summed E-state index contributed by atoms with van der Waals surface area (Å²) in [6.45, 7) is 7.66. The number of rotatable bonds is 5. The second-order valence-corrected chi connectivity index (χ2v) is 4.67. The molecule has 0 unspecified atom stereocenters. The van der Waals surface area contributed by atoms with Gasteiger partial charge < -0.3 is 4.90 Å². The van der Waals surface area contributed by atoms with Crippen molar-refractivity contribution in [2.75, 3.05) is 6.54 Å². The second-order valence-electron chi connectivity index (χ2n) is 4.26. The fourth-order valence-electron chi connectivity index (χ4n) is 1.61. The zero-order chi connectivity index (χ0) is 14.6. The fourth-order valence-corrected chi connectivity index (χ4v) is 1.81. The highest BCUT2D eigenvalue weighted by atomic mass is 35.5. The molecule has 1 rings (SSSR count). The van der Waals surface area contributed by atoms with Gasteiger partial charge in [-0.05, 0) is 19.9 Å². The van der Waals surface area contributed by atoms with E-state index < -0.39 is 4.92 Å². The standard InChI is InChI=1S/C13H15ClN2O3/c1-4-7-15(9(2)3)13(17)11-8-10(16(18)19)5-6-12(11)14/h4-6,8-9H,1,7H2,2-3H3. The Morgan fingerprint density at radius 2 is 2.21 bits per heavy atom. The van der Waals surface area contributed by atoms with Gasteiger partial charge in [0.15, 0.2) is 0 Å². The zero-order valence-corrected chi connectivity index (χ0v) is 11.6. The number of benzene rings is 1. The van der Waals surface area contributed by atoms with Crippen LogP contribution in [0.15, 0.2) is 30.9 Å². The molecule has 0 radical (unpaired) electrons. The van der Waals surface area contributed by atoms with Crippen molar-refractivity contribution in [1.29, 1.82) is 0 Å². The number of amides is 1. The number of nitro groups is 1. The molecule has 0 aromatic heterocycles. The van der Waals surface area contributed by atoms with E-state index in [9.17, 15) is 14.9 Å². The Balaban J connectivity index is 3.19. The predicted molar refractivity (Wildman–Crippen MR) is 74.5 cm³/mol. The summed E-state index contributed by atoms with van der Waals surface area (Å²) in [6.07, 6.45) is 1.60. The molecule has 5 nitrogen and oxygen atoms in total. The molecule has 0 bridgehead atoms. The van der Waals surface area contributed by atoms with E-state index in [0.717, 1.165) is 0 Å². The van der Waals surface area contributed by atoms with Crippen LogP contribution in [-0.4, -0.2) is 28.3 Å². The Morgan fingerprint density at radius 1 is 1.58 bits per heavy atom. The summed E-state index contributed by atoms with van der Waals surface area (Å²) in [5.74, 6) is -0.344. The van der Waals surface area contributed by atoms with Crippen LogP contribution in [0, 0.1) is 10.1 Å². The molecule has 0 saturated carbocycles. The average molecular weight is 283 g/mol. The van der Waals surface area contributed by atoms with Crippen molar-refractivity contribution in [1.82, 2.24) is 4.90 Å². The van der Waals surface area contributed by atoms with E-state index in [1.165, 1.54) is 23.1 Å². The quantitative estimate of drug-likeness (QED) is 0.473. The molecule has 1 amide bonds. The van der Waals surface area contributed by atoms with Crippen molar-refractivity contribution >= 4 is 23.2 Å². The summed E-state index contributed by atoms with van der Waals surface area (Å²) < 4.78 is 0. The lowest BCUT2D eigenvalue weighted by atomic mass is 10.1. The van der Waals surface area contributed by atoms with E-state index >= 15 is 0 Å². The highest BCUT2D eigenvalue weighted by Crippen LogP contribution is 2.24. The minimum absolute atomic E-state index is 0.0548. The Kier molecular flexibility index (Phi) is 5.06. The summed E-state index contributed by atoms with van der Waals surface area (Å²) in [4.78, 5) is 24.1. The molecular weight excluding hydrogens is 268 g/mol. The maximum atomic E-state index is 12.3. The van der Waals surface area contributed by atoms with Gasteiger partial charge in [-0.1, -0.05) is 17.7 Å². The first-order valence-electron chi connectivity index (χ1n) is 5.74. The molecule has 0 atom stereocenters. The molecule has 102 valence electrons. The van der Waals surface area contributed by atoms with Gasteiger partial charge in [-0.15, -0.1) is 6.58 Å². The van der Waals surface area contributed by atoms with Gasteiger partial charge in [0.05, 0.1) is 15.5 Å². The average Bonchev–Trinajstić information content (AvgIpc) is 2.35. The monoisotopic (exact) mass is 282 g/mol. The lowest BCUT2D eigenvalue weighted by Gasteiger charge is -2.25. The third-order valence-electron chi connectivity index (χ3n) is 2.60. The zero-order valence-electron chi connectivity index (χ0n) is 10.8. The molecule has 0 aliphatic carbocycles. The van der Waals surface area contributed by atoms with E-state index in [4.69, 9.17) is 11.6 Å². The van der Waals surface area contributed by atoms with E-state index in [2.05, 4.69) is 6.58 Å². The first-order chi connectivity index (χ1) is 8.88. The Hall–Kier alpha value is -1.88. The lowest BCUT2D eigenvalue weighted by Crippen LogP contribution is -2.37. The van der Waals surface area contributed by atoms with Crippen molar-refractivity contribution in [2.45, 2.75) is 19.9 Å². The third-order valence-corrected chi connectivity index (χ3v) is 2.93. The van der Waals surface area contributed by atoms with Crippen molar-refractivity contribution in [3.8, 4) is 0 Å². The molecule has 0 N–H and O–H groups in total. The molecule has 6 heteroatoms. The van der Waals surface area contributed by atoms with Gasteiger partial charge in [0.25, 0.3) is 11.6 Å². The molecule has 1 aromatic rings. The number of hydrogen-bond acceptors (Lipinski definition) is 3. The molecule has 0 fully saturated rings. The number of carbonyl (C=O) groups excluding carboxylic acids is 1. The third kappa shape index (κ3) is 3.54. The molecule has 0 aliphatic heterocycles. The number of nitro benzene ring substituents is 1. The molecule has 0 spiro atoms. The number of non-ortho nitro benzene ring substituents is 1. The van der Waals surface area contributed by atoms with Gasteiger partial charge in [-0.2, -0.15) is 0 Å².